The topological polar surface area (TPSA) is 44.9 Å². The summed E-state index contributed by atoms with van der Waals surface area (Å²) in [7, 11) is 0. The molecule has 1 amide bonds. The number of amides is 1. The number of para-hydroxylation sites is 1. The van der Waals surface area contributed by atoms with Crippen LogP contribution in [0.25, 0.3) is 16.5 Å². The van der Waals surface area contributed by atoms with E-state index in [1.165, 1.54) is 27.6 Å². The quantitative estimate of drug-likeness (QED) is 0.689. The van der Waals surface area contributed by atoms with Crippen LogP contribution in [0, 0.1) is 12.8 Å². The average Bonchev–Trinajstić information content (AvgIpc) is 3.11. The standard InChI is InChI=1S/C23H24N2O/c1-16-6-8-17(9-7-16)14-25-23(26)19-12-10-18(11-13-19)21-15-24-22-5-3-2-4-20(21)22/h2-10,15,19,24H,11-14H2,1H3,(H,25,26)/t19-/m0/s1. The zero-order valence-corrected chi connectivity index (χ0v) is 15.1. The monoisotopic (exact) mass is 344 g/mol. The summed E-state index contributed by atoms with van der Waals surface area (Å²) in [6.45, 7) is 2.68. The number of aryl methyl sites for hydroxylation is 1. The van der Waals surface area contributed by atoms with E-state index in [4.69, 9.17) is 0 Å². The van der Waals surface area contributed by atoms with Gasteiger partial charge in [0.2, 0.25) is 5.91 Å². The Hall–Kier alpha value is -2.81. The fraction of sp³-hybridized carbons (Fsp3) is 0.261. The van der Waals surface area contributed by atoms with Crippen LogP contribution in [-0.4, -0.2) is 10.9 Å². The van der Waals surface area contributed by atoms with Crippen LogP contribution in [0.4, 0.5) is 0 Å². The normalized spacial score (nSPS) is 17.1. The second-order valence-electron chi connectivity index (χ2n) is 7.15. The van der Waals surface area contributed by atoms with Gasteiger partial charge in [0.25, 0.3) is 0 Å². The van der Waals surface area contributed by atoms with Gasteiger partial charge in [-0.25, -0.2) is 0 Å². The van der Waals surface area contributed by atoms with E-state index in [1.54, 1.807) is 0 Å². The van der Waals surface area contributed by atoms with Gasteiger partial charge in [0.1, 0.15) is 0 Å². The number of H-pyrrole nitrogens is 1. The summed E-state index contributed by atoms with van der Waals surface area (Å²) in [6, 6.07) is 16.7. The molecule has 26 heavy (non-hydrogen) atoms. The first-order valence-electron chi connectivity index (χ1n) is 9.29. The van der Waals surface area contributed by atoms with E-state index in [9.17, 15) is 4.79 Å². The van der Waals surface area contributed by atoms with Gasteiger partial charge in [-0.1, -0.05) is 54.1 Å². The molecule has 132 valence electrons. The van der Waals surface area contributed by atoms with Crippen LogP contribution in [0.15, 0.2) is 60.8 Å². The van der Waals surface area contributed by atoms with Crippen molar-refractivity contribution in [3.63, 3.8) is 0 Å². The minimum Gasteiger partial charge on any atom is -0.361 e. The number of aromatic nitrogens is 1. The fourth-order valence-electron chi connectivity index (χ4n) is 3.69. The molecule has 1 aromatic heterocycles. The molecular weight excluding hydrogens is 320 g/mol. The number of nitrogens with one attached hydrogen (secondary N) is 2. The Balaban J connectivity index is 1.39. The van der Waals surface area contributed by atoms with Gasteiger partial charge in [-0.3, -0.25) is 4.79 Å². The number of benzene rings is 2. The third-order valence-corrected chi connectivity index (χ3v) is 5.30. The third-order valence-electron chi connectivity index (χ3n) is 5.30. The molecule has 0 aliphatic heterocycles. The van der Waals surface area contributed by atoms with Crippen molar-refractivity contribution in [3.8, 4) is 0 Å². The van der Waals surface area contributed by atoms with Crippen molar-refractivity contribution in [2.75, 3.05) is 0 Å². The van der Waals surface area contributed by atoms with E-state index in [1.807, 2.05) is 6.07 Å². The molecule has 0 fully saturated rings. The van der Waals surface area contributed by atoms with Gasteiger partial charge in [-0.15, -0.1) is 0 Å². The Morgan fingerprint density at radius 2 is 1.96 bits per heavy atom. The lowest BCUT2D eigenvalue weighted by atomic mass is 9.86. The van der Waals surface area contributed by atoms with E-state index < -0.39 is 0 Å². The smallest absolute Gasteiger partial charge is 0.223 e. The van der Waals surface area contributed by atoms with Crippen molar-refractivity contribution >= 4 is 22.4 Å². The summed E-state index contributed by atoms with van der Waals surface area (Å²) < 4.78 is 0. The van der Waals surface area contributed by atoms with Crippen LogP contribution in [0.1, 0.15) is 36.0 Å². The SMILES string of the molecule is Cc1ccc(CNC(=O)[C@H]2CC=C(c3c[nH]c4ccccc34)CC2)cc1. The first kappa shape index (κ1) is 16.6. The van der Waals surface area contributed by atoms with Crippen molar-refractivity contribution < 1.29 is 4.79 Å². The summed E-state index contributed by atoms with van der Waals surface area (Å²) in [5.41, 5.74) is 6.18. The van der Waals surface area contributed by atoms with Gasteiger partial charge >= 0.3 is 0 Å². The van der Waals surface area contributed by atoms with Gasteiger partial charge in [0.05, 0.1) is 0 Å². The van der Waals surface area contributed by atoms with Crippen molar-refractivity contribution in [1.82, 2.24) is 10.3 Å². The van der Waals surface area contributed by atoms with E-state index in [0.29, 0.717) is 6.54 Å². The van der Waals surface area contributed by atoms with E-state index in [-0.39, 0.29) is 11.8 Å². The predicted octanol–water partition coefficient (Wildman–Crippen LogP) is 4.98. The molecule has 4 rings (SSSR count). The summed E-state index contributed by atoms with van der Waals surface area (Å²) in [5.74, 6) is 0.245. The van der Waals surface area contributed by atoms with Gasteiger partial charge in [0, 0.05) is 35.1 Å². The molecule has 1 aliphatic carbocycles. The van der Waals surface area contributed by atoms with Crippen LogP contribution >= 0.6 is 0 Å². The Bertz CT molecular complexity index is 950. The molecule has 2 aromatic carbocycles. The molecular formula is C23H24N2O. The van der Waals surface area contributed by atoms with E-state index in [2.05, 4.69) is 72.0 Å². The number of rotatable bonds is 4. The minimum absolute atomic E-state index is 0.0782. The van der Waals surface area contributed by atoms with Crippen molar-refractivity contribution in [3.05, 3.63) is 77.5 Å². The molecule has 1 aliphatic rings. The third kappa shape index (κ3) is 3.43. The van der Waals surface area contributed by atoms with Crippen molar-refractivity contribution in [2.24, 2.45) is 5.92 Å². The lowest BCUT2D eigenvalue weighted by Gasteiger charge is -2.21. The van der Waals surface area contributed by atoms with Crippen LogP contribution < -0.4 is 5.32 Å². The molecule has 0 spiro atoms. The Kier molecular flexibility index (Phi) is 4.61. The molecule has 1 atom stereocenters. The highest BCUT2D eigenvalue weighted by Gasteiger charge is 2.22. The minimum atomic E-state index is 0.0782. The lowest BCUT2D eigenvalue weighted by Crippen LogP contribution is -2.31. The van der Waals surface area contributed by atoms with Crippen LogP contribution in [0.3, 0.4) is 0 Å². The lowest BCUT2D eigenvalue weighted by molar-refractivity contribution is -0.125. The first-order chi connectivity index (χ1) is 12.7. The molecule has 3 nitrogen and oxygen atoms in total. The number of hydrogen-bond donors (Lipinski definition) is 2. The molecule has 0 bridgehead atoms. The fourth-order valence-corrected chi connectivity index (χ4v) is 3.69. The number of allylic oxidation sites excluding steroid dienone is 2. The van der Waals surface area contributed by atoms with E-state index >= 15 is 0 Å². The molecule has 3 aromatic rings. The predicted molar refractivity (Wildman–Crippen MR) is 107 cm³/mol. The largest absolute Gasteiger partial charge is 0.361 e. The van der Waals surface area contributed by atoms with Crippen molar-refractivity contribution in [1.29, 1.82) is 0 Å². The maximum Gasteiger partial charge on any atom is 0.223 e. The van der Waals surface area contributed by atoms with Crippen LogP contribution in [0.5, 0.6) is 0 Å². The maximum absolute atomic E-state index is 12.5. The summed E-state index contributed by atoms with van der Waals surface area (Å²) in [4.78, 5) is 15.8. The van der Waals surface area contributed by atoms with E-state index in [0.717, 1.165) is 24.8 Å². The molecule has 0 unspecified atom stereocenters. The molecule has 2 N–H and O–H groups in total. The molecule has 0 saturated heterocycles. The number of carbonyl (C=O) groups excluding carboxylic acids is 1. The highest BCUT2D eigenvalue weighted by molar-refractivity contribution is 5.93. The van der Waals surface area contributed by atoms with Gasteiger partial charge in [0.15, 0.2) is 0 Å². The first-order valence-corrected chi connectivity index (χ1v) is 9.29. The zero-order chi connectivity index (χ0) is 17.9. The molecule has 3 heteroatoms. The van der Waals surface area contributed by atoms with Gasteiger partial charge < -0.3 is 10.3 Å². The Labute approximate surface area is 154 Å². The van der Waals surface area contributed by atoms with Crippen molar-refractivity contribution in [2.45, 2.75) is 32.7 Å². The van der Waals surface area contributed by atoms with Gasteiger partial charge in [-0.2, -0.15) is 0 Å². The molecule has 1 heterocycles. The zero-order valence-electron chi connectivity index (χ0n) is 15.1. The Morgan fingerprint density at radius 3 is 2.73 bits per heavy atom. The number of carbonyl (C=O) groups is 1. The number of hydrogen-bond acceptors (Lipinski definition) is 1. The summed E-state index contributed by atoms with van der Waals surface area (Å²) in [5, 5.41) is 4.36. The second kappa shape index (κ2) is 7.20. The maximum atomic E-state index is 12.5. The highest BCUT2D eigenvalue weighted by Crippen LogP contribution is 2.34. The Morgan fingerprint density at radius 1 is 1.15 bits per heavy atom. The van der Waals surface area contributed by atoms with Gasteiger partial charge in [-0.05, 0) is 43.4 Å². The number of fused-ring (bicyclic) bond motifs is 1. The summed E-state index contributed by atoms with van der Waals surface area (Å²) in [6.07, 6.45) is 7.01. The molecule has 0 radical (unpaired) electrons. The average molecular weight is 344 g/mol. The van der Waals surface area contributed by atoms with Crippen LogP contribution in [0.2, 0.25) is 0 Å². The summed E-state index contributed by atoms with van der Waals surface area (Å²) >= 11 is 0. The molecule has 0 saturated carbocycles. The van der Waals surface area contributed by atoms with Crippen LogP contribution in [-0.2, 0) is 11.3 Å². The number of aromatic amines is 1. The second-order valence-corrected chi connectivity index (χ2v) is 7.15. The highest BCUT2D eigenvalue weighted by atomic mass is 16.1.